The molecule has 1 aromatic rings. The Morgan fingerprint density at radius 1 is 0.679 bits per heavy atom. The highest BCUT2D eigenvalue weighted by Crippen LogP contribution is 2.24. The Bertz CT molecular complexity index is 607. The van der Waals surface area contributed by atoms with Gasteiger partial charge in [-0.05, 0) is 36.8 Å². The first-order chi connectivity index (χ1) is 13.5. The second-order valence-corrected chi connectivity index (χ2v) is 7.74. The fourth-order valence-corrected chi connectivity index (χ4v) is 3.79. The summed E-state index contributed by atoms with van der Waals surface area (Å²) in [5.74, 6) is -2.87. The van der Waals surface area contributed by atoms with Crippen molar-refractivity contribution in [3.8, 4) is 0 Å². The van der Waals surface area contributed by atoms with Crippen LogP contribution in [0.3, 0.4) is 0 Å². The molecule has 0 saturated heterocycles. The van der Waals surface area contributed by atoms with Gasteiger partial charge in [-0.3, -0.25) is 0 Å². The van der Waals surface area contributed by atoms with Gasteiger partial charge in [0.1, 0.15) is 0 Å². The molecular formula is C24H36O4-2. The summed E-state index contributed by atoms with van der Waals surface area (Å²) in [6, 6.07) is 3.14. The van der Waals surface area contributed by atoms with Gasteiger partial charge < -0.3 is 19.8 Å². The molecule has 0 saturated carbocycles. The maximum absolute atomic E-state index is 11.7. The van der Waals surface area contributed by atoms with Crippen LogP contribution >= 0.6 is 0 Å². The molecule has 0 aliphatic rings. The van der Waals surface area contributed by atoms with E-state index >= 15 is 0 Å². The molecule has 0 fully saturated rings. The predicted molar refractivity (Wildman–Crippen MR) is 109 cm³/mol. The molecule has 4 heteroatoms. The lowest BCUT2D eigenvalue weighted by Crippen LogP contribution is -2.31. The van der Waals surface area contributed by atoms with Crippen molar-refractivity contribution in [3.05, 3.63) is 34.4 Å². The molecule has 0 heterocycles. The fourth-order valence-electron chi connectivity index (χ4n) is 3.79. The lowest BCUT2D eigenvalue weighted by molar-refractivity contribution is -0.259. The average Bonchev–Trinajstić information content (AvgIpc) is 2.67. The molecule has 0 amide bonds. The zero-order valence-electron chi connectivity index (χ0n) is 17.7. The molecule has 0 aromatic heterocycles. The van der Waals surface area contributed by atoms with E-state index in [4.69, 9.17) is 0 Å². The minimum absolute atomic E-state index is 0.173. The molecule has 0 unspecified atom stereocenters. The summed E-state index contributed by atoms with van der Waals surface area (Å²) in [7, 11) is 0. The second-order valence-electron chi connectivity index (χ2n) is 7.74. The molecule has 1 aromatic carbocycles. The van der Waals surface area contributed by atoms with Crippen molar-refractivity contribution in [3.63, 3.8) is 0 Å². The van der Waals surface area contributed by atoms with Gasteiger partial charge in [-0.25, -0.2) is 0 Å². The second kappa shape index (κ2) is 14.2. The van der Waals surface area contributed by atoms with Crippen LogP contribution in [0.15, 0.2) is 12.1 Å². The third kappa shape index (κ3) is 8.45. The molecule has 0 N–H and O–H groups in total. The van der Waals surface area contributed by atoms with Crippen molar-refractivity contribution >= 4 is 11.9 Å². The summed E-state index contributed by atoms with van der Waals surface area (Å²) in [5, 5.41) is 23.1. The van der Waals surface area contributed by atoms with Crippen LogP contribution in [0.4, 0.5) is 0 Å². The molecule has 1 rings (SSSR count). The number of hydrogen-bond donors (Lipinski definition) is 0. The molecule has 28 heavy (non-hydrogen) atoms. The Morgan fingerprint density at radius 2 is 1.18 bits per heavy atom. The van der Waals surface area contributed by atoms with Crippen LogP contribution in [0.25, 0.3) is 0 Å². The Kier molecular flexibility index (Phi) is 12.3. The van der Waals surface area contributed by atoms with E-state index in [0.29, 0.717) is 12.0 Å². The van der Waals surface area contributed by atoms with E-state index in [1.165, 1.54) is 44.6 Å². The first kappa shape index (κ1) is 24.2. The molecule has 0 aliphatic carbocycles. The number of hydrogen-bond acceptors (Lipinski definition) is 4. The minimum Gasteiger partial charge on any atom is -0.545 e. The van der Waals surface area contributed by atoms with Crippen LogP contribution in [-0.4, -0.2) is 11.9 Å². The minimum atomic E-state index is -1.45. The normalized spacial score (nSPS) is 10.9. The number of rotatable bonds is 16. The number of carboxylic acids is 2. The Labute approximate surface area is 170 Å². The van der Waals surface area contributed by atoms with Crippen molar-refractivity contribution in [2.24, 2.45) is 0 Å². The van der Waals surface area contributed by atoms with Crippen molar-refractivity contribution in [2.75, 3.05) is 0 Å². The molecule has 0 atom stereocenters. The quantitative estimate of drug-likeness (QED) is 0.397. The fraction of sp³-hybridized carbons (Fsp3) is 0.667. The van der Waals surface area contributed by atoms with E-state index in [-0.39, 0.29) is 11.1 Å². The van der Waals surface area contributed by atoms with Crippen LogP contribution in [-0.2, 0) is 12.8 Å². The predicted octanol–water partition coefficient (Wildman–Crippen LogP) is 4.22. The van der Waals surface area contributed by atoms with Gasteiger partial charge in [0.05, 0.1) is 11.9 Å². The highest BCUT2D eigenvalue weighted by molar-refractivity contribution is 6.01. The highest BCUT2D eigenvalue weighted by Gasteiger charge is 2.15. The molecule has 4 nitrogen and oxygen atoms in total. The Morgan fingerprint density at radius 3 is 1.71 bits per heavy atom. The summed E-state index contributed by atoms with van der Waals surface area (Å²) < 4.78 is 0. The van der Waals surface area contributed by atoms with Crippen LogP contribution in [0.2, 0.25) is 0 Å². The van der Waals surface area contributed by atoms with Gasteiger partial charge in [0.25, 0.3) is 0 Å². The summed E-state index contributed by atoms with van der Waals surface area (Å²) in [6.45, 7) is 4.34. The number of aryl methyl sites for hydroxylation is 1. The summed E-state index contributed by atoms with van der Waals surface area (Å²) >= 11 is 0. The van der Waals surface area contributed by atoms with Crippen molar-refractivity contribution < 1.29 is 19.8 Å². The smallest absolute Gasteiger partial charge is 0.0724 e. The average molecular weight is 389 g/mol. The van der Waals surface area contributed by atoms with E-state index in [1.54, 1.807) is 6.07 Å². The number of carbonyl (C=O) groups excluding carboxylic acids is 2. The largest absolute Gasteiger partial charge is 0.545 e. The number of aromatic carboxylic acids is 2. The summed E-state index contributed by atoms with van der Waals surface area (Å²) in [5.41, 5.74) is 1.16. The van der Waals surface area contributed by atoms with E-state index < -0.39 is 11.9 Å². The van der Waals surface area contributed by atoms with Crippen molar-refractivity contribution in [1.29, 1.82) is 0 Å². The monoisotopic (exact) mass is 388 g/mol. The lowest BCUT2D eigenvalue weighted by Gasteiger charge is -2.20. The van der Waals surface area contributed by atoms with Gasteiger partial charge in [-0.2, -0.15) is 0 Å². The SMILES string of the molecule is CCCCCCCCCCc1ccc(C(=O)[O-])c(C(=O)[O-])c1CCCCCC. The van der Waals surface area contributed by atoms with Crippen LogP contribution in [0.1, 0.15) is 123 Å². The number of benzene rings is 1. The first-order valence-corrected chi connectivity index (χ1v) is 11.1. The van der Waals surface area contributed by atoms with Gasteiger partial charge in [-0.1, -0.05) is 90.2 Å². The number of carbonyl (C=O) groups is 2. The lowest BCUT2D eigenvalue weighted by atomic mass is 9.89. The number of unbranched alkanes of at least 4 members (excludes halogenated alkanes) is 10. The van der Waals surface area contributed by atoms with E-state index in [2.05, 4.69) is 13.8 Å². The Hall–Kier alpha value is -1.84. The number of carboxylic acid groups (broad SMARTS) is 2. The van der Waals surface area contributed by atoms with Crippen LogP contribution in [0, 0.1) is 0 Å². The van der Waals surface area contributed by atoms with Gasteiger partial charge in [0, 0.05) is 11.1 Å². The summed E-state index contributed by atoms with van der Waals surface area (Å²) in [6.07, 6.45) is 15.1. The zero-order valence-corrected chi connectivity index (χ0v) is 17.7. The maximum Gasteiger partial charge on any atom is 0.0724 e. The molecule has 0 aliphatic heterocycles. The van der Waals surface area contributed by atoms with Gasteiger partial charge in [0.15, 0.2) is 0 Å². The molecule has 0 radical (unpaired) electrons. The zero-order chi connectivity index (χ0) is 20.8. The maximum atomic E-state index is 11.7. The van der Waals surface area contributed by atoms with Gasteiger partial charge >= 0.3 is 0 Å². The highest BCUT2D eigenvalue weighted by atomic mass is 16.4. The van der Waals surface area contributed by atoms with Crippen molar-refractivity contribution in [1.82, 2.24) is 0 Å². The third-order valence-corrected chi connectivity index (χ3v) is 5.41. The molecule has 0 bridgehead atoms. The molecule has 0 spiro atoms. The van der Waals surface area contributed by atoms with Gasteiger partial charge in [-0.15, -0.1) is 0 Å². The Balaban J connectivity index is 2.78. The van der Waals surface area contributed by atoms with E-state index in [0.717, 1.165) is 50.5 Å². The van der Waals surface area contributed by atoms with Crippen LogP contribution < -0.4 is 10.2 Å². The molecule has 158 valence electrons. The standard InChI is InChI=1S/C24H38O4/c1-3-5-7-9-10-11-12-13-15-19-17-18-21(23(25)26)22(24(27)28)20(19)16-14-8-6-4-2/h17-18H,3-16H2,1-2H3,(H,25,26)(H,27,28)/p-2. The van der Waals surface area contributed by atoms with E-state index in [1.807, 2.05) is 0 Å². The third-order valence-electron chi connectivity index (χ3n) is 5.41. The van der Waals surface area contributed by atoms with Crippen LogP contribution in [0.5, 0.6) is 0 Å². The topological polar surface area (TPSA) is 80.3 Å². The van der Waals surface area contributed by atoms with Crippen molar-refractivity contribution in [2.45, 2.75) is 104 Å². The first-order valence-electron chi connectivity index (χ1n) is 11.1. The van der Waals surface area contributed by atoms with Gasteiger partial charge in [0.2, 0.25) is 0 Å². The molecular weight excluding hydrogens is 352 g/mol. The van der Waals surface area contributed by atoms with E-state index in [9.17, 15) is 19.8 Å². The summed E-state index contributed by atoms with van der Waals surface area (Å²) in [4.78, 5) is 23.1.